The maximum atomic E-state index is 13.5. The van der Waals surface area contributed by atoms with Crippen molar-refractivity contribution in [3.63, 3.8) is 0 Å². The lowest BCUT2D eigenvalue weighted by Gasteiger charge is -2.14. The van der Waals surface area contributed by atoms with Gasteiger partial charge in [0.05, 0.1) is 29.1 Å². The van der Waals surface area contributed by atoms with E-state index in [0.717, 1.165) is 29.7 Å². The molecule has 2 aromatic rings. The van der Waals surface area contributed by atoms with Crippen LogP contribution in [0.1, 0.15) is 43.8 Å². The van der Waals surface area contributed by atoms with Gasteiger partial charge in [-0.2, -0.15) is 0 Å². The Hall–Kier alpha value is -1.13. The summed E-state index contributed by atoms with van der Waals surface area (Å²) in [4.78, 5) is 4.51. The normalized spacial score (nSPS) is 17.7. The summed E-state index contributed by atoms with van der Waals surface area (Å²) in [7, 11) is 0. The van der Waals surface area contributed by atoms with E-state index in [1.54, 1.807) is 6.07 Å². The summed E-state index contributed by atoms with van der Waals surface area (Å²) in [5.74, 6) is 0.515. The van der Waals surface area contributed by atoms with E-state index in [-0.39, 0.29) is 11.2 Å². The lowest BCUT2D eigenvalue weighted by atomic mass is 10.3. The second kappa shape index (κ2) is 6.32. The number of alkyl halides is 1. The number of ether oxygens (including phenoxy) is 1. The fraction of sp³-hybridized carbons (Fsp3) is 0.562. The maximum absolute atomic E-state index is 13.5. The molecule has 3 rings (SSSR count). The zero-order chi connectivity index (χ0) is 14.8. The van der Waals surface area contributed by atoms with Crippen molar-refractivity contribution in [1.29, 1.82) is 0 Å². The fourth-order valence-corrected chi connectivity index (χ4v) is 3.19. The molecule has 21 heavy (non-hydrogen) atoms. The number of aromatic nitrogens is 2. The van der Waals surface area contributed by atoms with Gasteiger partial charge in [-0.1, -0.05) is 12.8 Å². The number of nitrogens with zero attached hydrogens (tertiary/aromatic N) is 2. The van der Waals surface area contributed by atoms with Crippen molar-refractivity contribution in [2.24, 2.45) is 0 Å². The minimum absolute atomic E-state index is 0.216. The third-order valence-electron chi connectivity index (χ3n) is 4.07. The van der Waals surface area contributed by atoms with Crippen molar-refractivity contribution in [3.05, 3.63) is 29.8 Å². The molecule has 0 radical (unpaired) electrons. The van der Waals surface area contributed by atoms with Crippen LogP contribution >= 0.6 is 11.6 Å². The van der Waals surface area contributed by atoms with E-state index in [2.05, 4.69) is 4.98 Å². The molecule has 3 nitrogen and oxygen atoms in total. The van der Waals surface area contributed by atoms with Crippen LogP contribution in [0.4, 0.5) is 4.39 Å². The summed E-state index contributed by atoms with van der Waals surface area (Å²) >= 11 is 6.21. The van der Waals surface area contributed by atoms with Crippen LogP contribution in [-0.2, 0) is 11.3 Å². The van der Waals surface area contributed by atoms with E-state index < -0.39 is 0 Å². The average molecular weight is 311 g/mol. The van der Waals surface area contributed by atoms with Gasteiger partial charge in [-0.05, 0) is 38.0 Å². The van der Waals surface area contributed by atoms with Crippen LogP contribution in [0.25, 0.3) is 11.0 Å². The summed E-state index contributed by atoms with van der Waals surface area (Å²) in [5, 5.41) is -0.216. The van der Waals surface area contributed by atoms with Gasteiger partial charge in [-0.25, -0.2) is 9.37 Å². The van der Waals surface area contributed by atoms with E-state index in [4.69, 9.17) is 16.3 Å². The molecule has 1 aromatic carbocycles. The topological polar surface area (TPSA) is 27.1 Å². The lowest BCUT2D eigenvalue weighted by Crippen LogP contribution is -2.15. The highest BCUT2D eigenvalue weighted by atomic mass is 35.5. The van der Waals surface area contributed by atoms with Crippen molar-refractivity contribution in [2.45, 2.75) is 50.6 Å². The lowest BCUT2D eigenvalue weighted by molar-refractivity contribution is 0.0531. The Balaban J connectivity index is 1.80. The van der Waals surface area contributed by atoms with E-state index in [9.17, 15) is 4.39 Å². The molecule has 114 valence electrons. The summed E-state index contributed by atoms with van der Waals surface area (Å²) in [5.41, 5.74) is 1.56. The molecule has 1 aliphatic rings. The van der Waals surface area contributed by atoms with Gasteiger partial charge in [0.25, 0.3) is 0 Å². The molecule has 1 aliphatic carbocycles. The standard InChI is InChI=1S/C16H20ClFN2O/c1-11(17)16-19-14-7-6-12(18)10-15(14)20(16)8-9-21-13-4-2-3-5-13/h6-7,10-11,13H,2-5,8-9H2,1H3. The van der Waals surface area contributed by atoms with Crippen LogP contribution in [0.5, 0.6) is 0 Å². The van der Waals surface area contributed by atoms with E-state index in [1.807, 2.05) is 11.5 Å². The van der Waals surface area contributed by atoms with Gasteiger partial charge in [-0.3, -0.25) is 0 Å². The van der Waals surface area contributed by atoms with Crippen molar-refractivity contribution in [2.75, 3.05) is 6.61 Å². The Morgan fingerprint density at radius 1 is 1.43 bits per heavy atom. The smallest absolute Gasteiger partial charge is 0.127 e. The SMILES string of the molecule is CC(Cl)c1nc2ccc(F)cc2n1CCOC1CCCC1. The number of hydrogen-bond acceptors (Lipinski definition) is 2. The number of benzene rings is 1. The molecule has 1 fully saturated rings. The Kier molecular flexibility index (Phi) is 4.45. The van der Waals surface area contributed by atoms with Gasteiger partial charge in [0.15, 0.2) is 0 Å². The minimum Gasteiger partial charge on any atom is -0.376 e. The molecule has 1 saturated carbocycles. The Morgan fingerprint density at radius 3 is 2.90 bits per heavy atom. The van der Waals surface area contributed by atoms with E-state index >= 15 is 0 Å². The molecule has 0 N–H and O–H groups in total. The van der Waals surface area contributed by atoms with Gasteiger partial charge < -0.3 is 9.30 Å². The third-order valence-corrected chi connectivity index (χ3v) is 4.26. The molecule has 1 heterocycles. The van der Waals surface area contributed by atoms with Gasteiger partial charge in [-0.15, -0.1) is 11.6 Å². The first-order valence-electron chi connectivity index (χ1n) is 7.56. The third kappa shape index (κ3) is 3.22. The van der Waals surface area contributed by atoms with Crippen LogP contribution in [0, 0.1) is 5.82 Å². The zero-order valence-corrected chi connectivity index (χ0v) is 12.9. The monoisotopic (exact) mass is 310 g/mol. The molecular formula is C16H20ClFN2O. The predicted octanol–water partition coefficient (Wildman–Crippen LogP) is 4.43. The van der Waals surface area contributed by atoms with Crippen LogP contribution in [0.2, 0.25) is 0 Å². The van der Waals surface area contributed by atoms with Crippen LogP contribution in [0.3, 0.4) is 0 Å². The molecule has 1 unspecified atom stereocenters. The highest BCUT2D eigenvalue weighted by Gasteiger charge is 2.18. The number of imidazole rings is 1. The number of hydrogen-bond donors (Lipinski definition) is 0. The highest BCUT2D eigenvalue weighted by molar-refractivity contribution is 6.20. The molecule has 5 heteroatoms. The molecule has 0 aliphatic heterocycles. The molecule has 1 aromatic heterocycles. The number of rotatable bonds is 5. The Labute approximate surface area is 129 Å². The molecule has 0 bridgehead atoms. The van der Waals surface area contributed by atoms with Crippen molar-refractivity contribution < 1.29 is 9.13 Å². The predicted molar refractivity (Wildman–Crippen MR) is 82.2 cm³/mol. The molecular weight excluding hydrogens is 291 g/mol. The number of fused-ring (bicyclic) bond motifs is 1. The quantitative estimate of drug-likeness (QED) is 0.764. The van der Waals surface area contributed by atoms with Crippen molar-refractivity contribution in [3.8, 4) is 0 Å². The number of halogens is 2. The zero-order valence-electron chi connectivity index (χ0n) is 12.2. The van der Waals surface area contributed by atoms with E-state index in [1.165, 1.54) is 25.0 Å². The average Bonchev–Trinajstić information content (AvgIpc) is 3.07. The van der Waals surface area contributed by atoms with Gasteiger partial charge in [0.2, 0.25) is 0 Å². The van der Waals surface area contributed by atoms with Gasteiger partial charge >= 0.3 is 0 Å². The summed E-state index contributed by atoms with van der Waals surface area (Å²) < 4.78 is 21.4. The first-order valence-corrected chi connectivity index (χ1v) is 8.00. The highest BCUT2D eigenvalue weighted by Crippen LogP contribution is 2.26. The molecule has 1 atom stereocenters. The molecule has 0 amide bonds. The van der Waals surface area contributed by atoms with E-state index in [0.29, 0.717) is 19.3 Å². The second-order valence-electron chi connectivity index (χ2n) is 5.65. The largest absolute Gasteiger partial charge is 0.376 e. The van der Waals surface area contributed by atoms with Crippen LogP contribution in [-0.4, -0.2) is 22.3 Å². The summed E-state index contributed by atoms with van der Waals surface area (Å²) in [6, 6.07) is 4.64. The summed E-state index contributed by atoms with van der Waals surface area (Å²) in [6.45, 7) is 3.15. The van der Waals surface area contributed by atoms with Crippen LogP contribution < -0.4 is 0 Å². The van der Waals surface area contributed by atoms with Crippen molar-refractivity contribution >= 4 is 22.6 Å². The first kappa shape index (κ1) is 14.8. The van der Waals surface area contributed by atoms with Crippen molar-refractivity contribution in [1.82, 2.24) is 9.55 Å². The Morgan fingerprint density at radius 2 is 2.19 bits per heavy atom. The second-order valence-corrected chi connectivity index (χ2v) is 6.30. The molecule has 0 saturated heterocycles. The van der Waals surface area contributed by atoms with Gasteiger partial charge in [0.1, 0.15) is 11.6 Å². The summed E-state index contributed by atoms with van der Waals surface area (Å²) in [6.07, 6.45) is 5.20. The first-order chi connectivity index (χ1) is 10.1. The maximum Gasteiger partial charge on any atom is 0.127 e. The van der Waals surface area contributed by atoms with Gasteiger partial charge in [0, 0.05) is 6.54 Å². The Bertz CT molecular complexity index is 620. The van der Waals surface area contributed by atoms with Crippen LogP contribution in [0.15, 0.2) is 18.2 Å². The molecule has 0 spiro atoms. The minimum atomic E-state index is -0.255. The fourth-order valence-electron chi connectivity index (χ4n) is 3.02.